The van der Waals surface area contributed by atoms with Crippen LogP contribution in [0.2, 0.25) is 0 Å². The average Bonchev–Trinajstić information content (AvgIpc) is 3.11. The monoisotopic (exact) mass is 340 g/mol. The number of aromatic amines is 1. The van der Waals surface area contributed by atoms with Gasteiger partial charge in [-0.3, -0.25) is 14.5 Å². The third kappa shape index (κ3) is 3.16. The smallest absolute Gasteiger partial charge is 0.257 e. The molecule has 0 saturated carbocycles. The lowest BCUT2D eigenvalue weighted by molar-refractivity contribution is -0.198. The summed E-state index contributed by atoms with van der Waals surface area (Å²) >= 11 is 0. The van der Waals surface area contributed by atoms with Crippen molar-refractivity contribution in [2.75, 3.05) is 13.7 Å². The van der Waals surface area contributed by atoms with Gasteiger partial charge in [-0.15, -0.1) is 10.3 Å². The highest BCUT2D eigenvalue weighted by atomic mass is 16.7. The van der Waals surface area contributed by atoms with Gasteiger partial charge in [0.15, 0.2) is 6.40 Å². The molecule has 4 rings (SSSR count). The van der Waals surface area contributed by atoms with Crippen LogP contribution < -0.4 is 5.56 Å². The first-order valence-corrected chi connectivity index (χ1v) is 8.27. The number of hydroxylamine groups is 1. The Labute approximate surface area is 145 Å². The van der Waals surface area contributed by atoms with Crippen molar-refractivity contribution in [3.63, 3.8) is 0 Å². The number of rotatable bonds is 4. The molecule has 0 fully saturated rings. The number of nitrogens with one attached hydrogen (secondary N) is 1. The number of nitrogens with zero attached hydrogens (tertiary/aromatic N) is 3. The van der Waals surface area contributed by atoms with Gasteiger partial charge in [-0.05, 0) is 17.2 Å². The summed E-state index contributed by atoms with van der Waals surface area (Å²) in [6, 6.07) is 12.3. The normalized spacial score (nSPS) is 19.7. The first-order valence-electron chi connectivity index (χ1n) is 8.27. The highest BCUT2D eigenvalue weighted by molar-refractivity contribution is 5.48. The Morgan fingerprint density at radius 3 is 3.00 bits per heavy atom. The zero-order valence-corrected chi connectivity index (χ0v) is 14.0. The molecular formula is C18H20N4O3. The molecule has 1 aromatic heterocycles. The molecule has 1 N–H and O–H groups in total. The van der Waals surface area contributed by atoms with Crippen molar-refractivity contribution in [3.8, 4) is 0 Å². The fourth-order valence-corrected chi connectivity index (χ4v) is 3.32. The number of hydrogen-bond donors (Lipinski definition) is 1. The number of hydrogen-bond acceptors (Lipinski definition) is 6. The highest BCUT2D eigenvalue weighted by Gasteiger charge is 2.29. The van der Waals surface area contributed by atoms with E-state index < -0.39 is 6.23 Å². The quantitative estimate of drug-likeness (QED) is 0.918. The number of hydrazone groups is 1. The molecule has 0 amide bonds. The minimum Gasteiger partial charge on any atom is -0.450 e. The molecule has 3 heterocycles. The first kappa shape index (κ1) is 15.9. The number of fused-ring (bicyclic) bond motifs is 1. The molecule has 130 valence electrons. The number of pyridine rings is 1. The van der Waals surface area contributed by atoms with Gasteiger partial charge >= 0.3 is 0 Å². The Balaban J connectivity index is 1.57. The van der Waals surface area contributed by atoms with Gasteiger partial charge in [0.25, 0.3) is 5.56 Å². The molecule has 0 spiro atoms. The van der Waals surface area contributed by atoms with E-state index in [1.54, 1.807) is 0 Å². The van der Waals surface area contributed by atoms with Crippen molar-refractivity contribution in [1.29, 1.82) is 0 Å². The van der Waals surface area contributed by atoms with Crippen LogP contribution in [0.4, 0.5) is 0 Å². The molecule has 7 nitrogen and oxygen atoms in total. The summed E-state index contributed by atoms with van der Waals surface area (Å²) in [4.78, 5) is 22.9. The molecule has 1 unspecified atom stereocenters. The van der Waals surface area contributed by atoms with Crippen molar-refractivity contribution in [2.24, 2.45) is 5.10 Å². The van der Waals surface area contributed by atoms with Crippen molar-refractivity contribution in [1.82, 2.24) is 15.1 Å². The minimum absolute atomic E-state index is 0.159. The topological polar surface area (TPSA) is 70.2 Å². The average molecular weight is 340 g/mol. The maximum atomic E-state index is 12.4. The molecule has 1 atom stereocenters. The van der Waals surface area contributed by atoms with Crippen LogP contribution in [-0.4, -0.2) is 35.1 Å². The second kappa shape index (κ2) is 6.70. The van der Waals surface area contributed by atoms with E-state index in [0.29, 0.717) is 5.56 Å². The summed E-state index contributed by atoms with van der Waals surface area (Å²) in [5, 5.41) is 5.22. The van der Waals surface area contributed by atoms with Crippen LogP contribution in [0.25, 0.3) is 0 Å². The van der Waals surface area contributed by atoms with Gasteiger partial charge in [-0.1, -0.05) is 30.3 Å². The van der Waals surface area contributed by atoms with E-state index >= 15 is 0 Å². The lowest BCUT2D eigenvalue weighted by Crippen LogP contribution is -2.34. The summed E-state index contributed by atoms with van der Waals surface area (Å²) in [5.74, 6) is 0. The maximum absolute atomic E-state index is 12.4. The highest BCUT2D eigenvalue weighted by Crippen LogP contribution is 2.26. The van der Waals surface area contributed by atoms with Gasteiger partial charge in [-0.25, -0.2) is 0 Å². The predicted octanol–water partition coefficient (Wildman–Crippen LogP) is 1.77. The maximum Gasteiger partial charge on any atom is 0.257 e. The fraction of sp³-hybridized carbons (Fsp3) is 0.333. The van der Waals surface area contributed by atoms with Crippen LogP contribution >= 0.6 is 0 Å². The Hall–Kier alpha value is -2.64. The third-order valence-electron chi connectivity index (χ3n) is 4.57. The SMILES string of the molecule is CON1N=COC1c1cc2c([nH]c1=O)CCN(Cc1ccccc1)C2. The Morgan fingerprint density at radius 1 is 1.36 bits per heavy atom. The van der Waals surface area contributed by atoms with E-state index in [9.17, 15) is 4.79 Å². The molecule has 0 radical (unpaired) electrons. The molecular weight excluding hydrogens is 320 g/mol. The van der Waals surface area contributed by atoms with E-state index in [2.05, 4.69) is 39.3 Å². The third-order valence-corrected chi connectivity index (χ3v) is 4.57. The molecule has 0 aliphatic carbocycles. The predicted molar refractivity (Wildman–Crippen MR) is 92.5 cm³/mol. The van der Waals surface area contributed by atoms with E-state index in [0.717, 1.165) is 37.3 Å². The second-order valence-electron chi connectivity index (χ2n) is 6.20. The molecule has 7 heteroatoms. The Bertz CT molecular complexity index is 834. The lowest BCUT2D eigenvalue weighted by atomic mass is 10.0. The van der Waals surface area contributed by atoms with Crippen molar-refractivity contribution in [3.05, 3.63) is 69.1 Å². The molecule has 2 aliphatic rings. The van der Waals surface area contributed by atoms with Crippen LogP contribution in [0.3, 0.4) is 0 Å². The summed E-state index contributed by atoms with van der Waals surface area (Å²) < 4.78 is 5.41. The number of benzene rings is 1. The summed E-state index contributed by atoms with van der Waals surface area (Å²) in [6.45, 7) is 2.60. The van der Waals surface area contributed by atoms with Gasteiger partial charge in [0.2, 0.25) is 6.23 Å². The summed E-state index contributed by atoms with van der Waals surface area (Å²) in [6.07, 6.45) is 1.46. The Morgan fingerprint density at radius 2 is 2.20 bits per heavy atom. The fourth-order valence-electron chi connectivity index (χ4n) is 3.32. The zero-order chi connectivity index (χ0) is 17.2. The Kier molecular flexibility index (Phi) is 4.25. The van der Waals surface area contributed by atoms with Gasteiger partial charge in [0.1, 0.15) is 0 Å². The van der Waals surface area contributed by atoms with E-state index in [4.69, 9.17) is 9.57 Å². The van der Waals surface area contributed by atoms with Crippen LogP contribution in [0.5, 0.6) is 0 Å². The lowest BCUT2D eigenvalue weighted by Gasteiger charge is -2.29. The van der Waals surface area contributed by atoms with E-state index in [1.807, 2.05) is 12.1 Å². The van der Waals surface area contributed by atoms with Gasteiger partial charge in [0.05, 0.1) is 12.7 Å². The van der Waals surface area contributed by atoms with Gasteiger partial charge < -0.3 is 9.72 Å². The molecule has 2 aromatic rings. The van der Waals surface area contributed by atoms with Crippen LogP contribution in [0.1, 0.15) is 28.6 Å². The van der Waals surface area contributed by atoms with Crippen molar-refractivity contribution >= 4 is 6.40 Å². The van der Waals surface area contributed by atoms with Crippen molar-refractivity contribution in [2.45, 2.75) is 25.7 Å². The van der Waals surface area contributed by atoms with E-state index in [1.165, 1.54) is 24.2 Å². The molecule has 0 saturated heterocycles. The second-order valence-corrected chi connectivity index (χ2v) is 6.20. The molecule has 25 heavy (non-hydrogen) atoms. The molecule has 2 aliphatic heterocycles. The summed E-state index contributed by atoms with van der Waals surface area (Å²) in [7, 11) is 1.49. The standard InChI is InChI=1S/C18H20N4O3/c1-24-22-18(25-12-19-22)15-9-14-11-21(8-7-16(14)20-17(15)23)10-13-5-3-2-4-6-13/h2-6,9,12,18H,7-8,10-11H2,1H3,(H,20,23). The number of aromatic nitrogens is 1. The van der Waals surface area contributed by atoms with E-state index in [-0.39, 0.29) is 5.56 Å². The number of H-pyrrole nitrogens is 1. The molecule has 0 bridgehead atoms. The van der Waals surface area contributed by atoms with Gasteiger partial charge in [-0.2, -0.15) is 0 Å². The molecule has 1 aromatic carbocycles. The van der Waals surface area contributed by atoms with Gasteiger partial charge in [0, 0.05) is 31.7 Å². The van der Waals surface area contributed by atoms with Crippen LogP contribution in [-0.2, 0) is 29.1 Å². The van der Waals surface area contributed by atoms with Crippen molar-refractivity contribution < 1.29 is 9.57 Å². The zero-order valence-electron chi connectivity index (χ0n) is 14.0. The minimum atomic E-state index is -0.649. The number of ether oxygens (including phenoxy) is 1. The largest absolute Gasteiger partial charge is 0.450 e. The van der Waals surface area contributed by atoms with Crippen LogP contribution in [0, 0.1) is 0 Å². The summed E-state index contributed by atoms with van der Waals surface area (Å²) in [5.41, 5.74) is 3.74. The van der Waals surface area contributed by atoms with Crippen LogP contribution in [0.15, 0.2) is 46.3 Å². The first-order chi connectivity index (χ1) is 12.2.